The lowest BCUT2D eigenvalue weighted by Crippen LogP contribution is -2.23. The molecule has 1 fully saturated rings. The first-order chi connectivity index (χ1) is 8.66. The number of pyridine rings is 1. The van der Waals surface area contributed by atoms with Gasteiger partial charge in [-0.25, -0.2) is 0 Å². The Kier molecular flexibility index (Phi) is 2.74. The van der Waals surface area contributed by atoms with Gasteiger partial charge in [-0.3, -0.25) is 4.79 Å². The fourth-order valence-corrected chi connectivity index (χ4v) is 2.38. The summed E-state index contributed by atoms with van der Waals surface area (Å²) in [5.41, 5.74) is 7.96. The molecule has 92 valence electrons. The second-order valence-corrected chi connectivity index (χ2v) is 5.50. The second kappa shape index (κ2) is 4.28. The summed E-state index contributed by atoms with van der Waals surface area (Å²) in [5, 5.41) is 0. The van der Waals surface area contributed by atoms with E-state index in [0.717, 1.165) is 28.6 Å². The molecule has 1 aliphatic rings. The molecule has 2 N–H and O–H groups in total. The summed E-state index contributed by atoms with van der Waals surface area (Å²) < 4.78 is 2.86. The number of anilines is 1. The van der Waals surface area contributed by atoms with Crippen LogP contribution >= 0.6 is 15.9 Å². The Morgan fingerprint density at radius 2 is 1.78 bits per heavy atom. The Bertz CT molecular complexity index is 642. The highest BCUT2D eigenvalue weighted by atomic mass is 79.9. The predicted octanol–water partition coefficient (Wildman–Crippen LogP) is 3.19. The fourth-order valence-electron chi connectivity index (χ4n) is 2.12. The average molecular weight is 305 g/mol. The van der Waals surface area contributed by atoms with Crippen LogP contribution in [0.5, 0.6) is 0 Å². The minimum absolute atomic E-state index is 0.0714. The van der Waals surface area contributed by atoms with Crippen LogP contribution < -0.4 is 11.3 Å². The first kappa shape index (κ1) is 11.5. The molecule has 0 saturated heterocycles. The number of nitrogen functional groups attached to an aromatic ring is 1. The van der Waals surface area contributed by atoms with Gasteiger partial charge in [0.25, 0.3) is 5.56 Å². The second-order valence-electron chi connectivity index (χ2n) is 4.59. The molecule has 3 rings (SSSR count). The largest absolute Gasteiger partial charge is 0.394 e. The molecular weight excluding hydrogens is 292 g/mol. The number of nitrogens with zero attached hydrogens (tertiary/aromatic N) is 1. The molecule has 0 bridgehead atoms. The lowest BCUT2D eigenvalue weighted by atomic mass is 10.1. The molecular formula is C14H13BrN2O. The highest BCUT2D eigenvalue weighted by molar-refractivity contribution is 9.10. The summed E-state index contributed by atoms with van der Waals surface area (Å²) in [7, 11) is 0. The molecule has 1 aromatic heterocycles. The molecule has 0 aliphatic heterocycles. The molecule has 4 heteroatoms. The van der Waals surface area contributed by atoms with E-state index in [4.69, 9.17) is 5.73 Å². The van der Waals surface area contributed by atoms with Crippen molar-refractivity contribution in [2.24, 2.45) is 0 Å². The van der Waals surface area contributed by atoms with E-state index in [0.29, 0.717) is 11.7 Å². The van der Waals surface area contributed by atoms with Crippen LogP contribution in [0.1, 0.15) is 18.9 Å². The van der Waals surface area contributed by atoms with E-state index in [1.165, 1.54) is 0 Å². The summed E-state index contributed by atoms with van der Waals surface area (Å²) in [6, 6.07) is 11.9. The molecule has 1 aromatic carbocycles. The van der Waals surface area contributed by atoms with Crippen molar-refractivity contribution >= 4 is 21.6 Å². The first-order valence-corrected chi connectivity index (χ1v) is 6.73. The molecule has 1 aliphatic carbocycles. The van der Waals surface area contributed by atoms with Crippen molar-refractivity contribution < 1.29 is 0 Å². The van der Waals surface area contributed by atoms with Crippen LogP contribution in [0.4, 0.5) is 5.69 Å². The van der Waals surface area contributed by atoms with Crippen molar-refractivity contribution in [3.63, 3.8) is 0 Å². The molecule has 3 nitrogen and oxygen atoms in total. The summed E-state index contributed by atoms with van der Waals surface area (Å²) in [6.45, 7) is 0. The van der Waals surface area contributed by atoms with Gasteiger partial charge in [0.15, 0.2) is 0 Å². The summed E-state index contributed by atoms with van der Waals surface area (Å²) >= 11 is 3.42. The number of benzene rings is 1. The van der Waals surface area contributed by atoms with Gasteiger partial charge in [-0.05, 0) is 42.7 Å². The van der Waals surface area contributed by atoms with Crippen molar-refractivity contribution in [3.05, 3.63) is 51.2 Å². The van der Waals surface area contributed by atoms with Crippen LogP contribution in [0.25, 0.3) is 11.3 Å². The molecule has 1 saturated carbocycles. The number of halogens is 1. The van der Waals surface area contributed by atoms with Gasteiger partial charge in [0.2, 0.25) is 0 Å². The molecule has 0 radical (unpaired) electrons. The van der Waals surface area contributed by atoms with Crippen molar-refractivity contribution in [2.75, 3.05) is 5.73 Å². The van der Waals surface area contributed by atoms with Crippen LogP contribution in [0.15, 0.2) is 45.7 Å². The van der Waals surface area contributed by atoms with Crippen LogP contribution in [-0.4, -0.2) is 4.57 Å². The smallest absolute Gasteiger partial charge is 0.274 e. The van der Waals surface area contributed by atoms with Gasteiger partial charge in [0, 0.05) is 10.5 Å². The lowest BCUT2D eigenvalue weighted by Gasteiger charge is -2.13. The van der Waals surface area contributed by atoms with Gasteiger partial charge in [-0.15, -0.1) is 0 Å². The Morgan fingerprint density at radius 3 is 2.39 bits per heavy atom. The third-order valence-corrected chi connectivity index (χ3v) is 3.73. The van der Waals surface area contributed by atoms with E-state index in [2.05, 4.69) is 15.9 Å². The maximum atomic E-state index is 12.1. The number of rotatable bonds is 2. The molecule has 0 atom stereocenters. The third-order valence-electron chi connectivity index (χ3n) is 3.20. The first-order valence-electron chi connectivity index (χ1n) is 5.94. The number of aromatic nitrogens is 1. The average Bonchev–Trinajstić information content (AvgIpc) is 3.18. The molecule has 2 aromatic rings. The zero-order chi connectivity index (χ0) is 12.7. The Balaban J connectivity index is 2.20. The lowest BCUT2D eigenvalue weighted by molar-refractivity contribution is 0.718. The molecule has 0 unspecified atom stereocenters. The monoisotopic (exact) mass is 304 g/mol. The van der Waals surface area contributed by atoms with Crippen LogP contribution in [0, 0.1) is 0 Å². The molecule has 0 spiro atoms. The van der Waals surface area contributed by atoms with Gasteiger partial charge in [0.05, 0.1) is 11.4 Å². The normalized spacial score (nSPS) is 14.7. The van der Waals surface area contributed by atoms with Crippen molar-refractivity contribution in [3.8, 4) is 11.3 Å². The van der Waals surface area contributed by atoms with E-state index in [9.17, 15) is 4.79 Å². The maximum absolute atomic E-state index is 12.1. The number of nitrogens with two attached hydrogens (primary N) is 1. The topological polar surface area (TPSA) is 48.0 Å². The number of hydrogen-bond donors (Lipinski definition) is 1. The van der Waals surface area contributed by atoms with Crippen LogP contribution in [0.2, 0.25) is 0 Å². The predicted molar refractivity (Wildman–Crippen MR) is 76.5 cm³/mol. The summed E-state index contributed by atoms with van der Waals surface area (Å²) in [6.07, 6.45) is 2.12. The third kappa shape index (κ3) is 1.97. The minimum Gasteiger partial charge on any atom is -0.394 e. The zero-order valence-electron chi connectivity index (χ0n) is 9.77. The molecule has 1 heterocycles. The Labute approximate surface area is 113 Å². The maximum Gasteiger partial charge on any atom is 0.274 e. The highest BCUT2D eigenvalue weighted by Gasteiger charge is 2.27. The molecule has 0 amide bonds. The Morgan fingerprint density at radius 1 is 1.11 bits per heavy atom. The van der Waals surface area contributed by atoms with E-state index in [1.807, 2.05) is 34.9 Å². The quantitative estimate of drug-likeness (QED) is 0.926. The van der Waals surface area contributed by atoms with Crippen molar-refractivity contribution in [1.82, 2.24) is 4.57 Å². The zero-order valence-corrected chi connectivity index (χ0v) is 11.4. The van der Waals surface area contributed by atoms with Crippen LogP contribution in [0.3, 0.4) is 0 Å². The van der Waals surface area contributed by atoms with Crippen molar-refractivity contribution in [1.29, 1.82) is 0 Å². The fraction of sp³-hybridized carbons (Fsp3) is 0.214. The van der Waals surface area contributed by atoms with E-state index >= 15 is 0 Å². The van der Waals surface area contributed by atoms with Gasteiger partial charge in [-0.2, -0.15) is 0 Å². The summed E-state index contributed by atoms with van der Waals surface area (Å²) in [4.78, 5) is 12.1. The van der Waals surface area contributed by atoms with Crippen LogP contribution in [-0.2, 0) is 0 Å². The number of hydrogen-bond acceptors (Lipinski definition) is 2. The van der Waals surface area contributed by atoms with Crippen molar-refractivity contribution in [2.45, 2.75) is 18.9 Å². The minimum atomic E-state index is -0.0714. The Hall–Kier alpha value is -1.55. The van der Waals surface area contributed by atoms with Gasteiger partial charge < -0.3 is 10.3 Å². The standard InChI is InChI=1S/C14H13BrN2O/c15-10-3-1-9(2-4-10)13-8-7-12(16)14(18)17(13)11-5-6-11/h1-4,7-8,11H,5-6,16H2. The van der Waals surface area contributed by atoms with E-state index < -0.39 is 0 Å². The summed E-state index contributed by atoms with van der Waals surface area (Å²) in [5.74, 6) is 0. The highest BCUT2D eigenvalue weighted by Crippen LogP contribution is 2.37. The van der Waals surface area contributed by atoms with Gasteiger partial charge in [0.1, 0.15) is 0 Å². The van der Waals surface area contributed by atoms with Gasteiger partial charge in [-0.1, -0.05) is 28.1 Å². The SMILES string of the molecule is Nc1ccc(-c2ccc(Br)cc2)n(C2CC2)c1=O. The van der Waals surface area contributed by atoms with E-state index in [1.54, 1.807) is 6.07 Å². The van der Waals surface area contributed by atoms with Gasteiger partial charge >= 0.3 is 0 Å². The molecule has 18 heavy (non-hydrogen) atoms. The van der Waals surface area contributed by atoms with E-state index in [-0.39, 0.29) is 5.56 Å².